The Morgan fingerprint density at radius 2 is 1.92 bits per heavy atom. The van der Waals surface area contributed by atoms with E-state index in [1.54, 1.807) is 19.1 Å². The number of allylic oxidation sites excluding steroid dienone is 2. The molecular weight excluding hydrogens is 511 g/mol. The number of dihydropyridines is 1. The number of nitrogens with one attached hydrogen (secondary N) is 2. The Labute approximate surface area is 224 Å². The van der Waals surface area contributed by atoms with E-state index in [1.165, 1.54) is 17.8 Å². The van der Waals surface area contributed by atoms with Crippen molar-refractivity contribution in [1.82, 2.24) is 10.6 Å². The summed E-state index contributed by atoms with van der Waals surface area (Å²) >= 11 is 8.00. The summed E-state index contributed by atoms with van der Waals surface area (Å²) in [6, 6.07) is 22.2. The van der Waals surface area contributed by atoms with Crippen molar-refractivity contribution in [2.75, 3.05) is 19.8 Å². The van der Waals surface area contributed by atoms with E-state index >= 15 is 4.39 Å². The van der Waals surface area contributed by atoms with Gasteiger partial charge in [-0.1, -0.05) is 71.9 Å². The Bertz CT molecular complexity index is 1360. The smallest absolute Gasteiger partial charge is 0.336 e. The van der Waals surface area contributed by atoms with Crippen LogP contribution in [0.5, 0.6) is 5.75 Å². The van der Waals surface area contributed by atoms with Crippen LogP contribution in [0.4, 0.5) is 4.39 Å². The van der Waals surface area contributed by atoms with E-state index in [2.05, 4.69) is 10.6 Å². The van der Waals surface area contributed by atoms with Crippen molar-refractivity contribution in [1.29, 1.82) is 0 Å². The van der Waals surface area contributed by atoms with Crippen LogP contribution in [0.3, 0.4) is 0 Å². The summed E-state index contributed by atoms with van der Waals surface area (Å²) in [7, 11) is 0. The number of carbonyl (C=O) groups excluding carboxylic acids is 1. The Morgan fingerprint density at radius 1 is 1.14 bits per heavy atom. The number of thioether (sulfide) groups is 1. The van der Waals surface area contributed by atoms with E-state index in [4.69, 9.17) is 21.1 Å². The van der Waals surface area contributed by atoms with Crippen LogP contribution in [0.25, 0.3) is 0 Å². The number of fused-ring (bicyclic) bond motifs is 1. The zero-order valence-corrected chi connectivity index (χ0v) is 21.8. The van der Waals surface area contributed by atoms with Gasteiger partial charge in [-0.25, -0.2) is 9.18 Å². The van der Waals surface area contributed by atoms with Crippen LogP contribution in [0.15, 0.2) is 99.6 Å². The number of hydrogen-bond acceptors (Lipinski definition) is 6. The number of benzene rings is 3. The van der Waals surface area contributed by atoms with E-state index in [-0.39, 0.29) is 23.8 Å². The van der Waals surface area contributed by atoms with Crippen LogP contribution < -0.4 is 15.4 Å². The van der Waals surface area contributed by atoms with Crippen molar-refractivity contribution in [2.24, 2.45) is 0 Å². The highest BCUT2D eigenvalue weighted by Gasteiger charge is 2.39. The topological polar surface area (TPSA) is 59.6 Å². The minimum Gasteiger partial charge on any atom is -0.486 e. The van der Waals surface area contributed by atoms with E-state index in [0.29, 0.717) is 24.4 Å². The summed E-state index contributed by atoms with van der Waals surface area (Å²) in [5.41, 5.74) is 3.08. The van der Waals surface area contributed by atoms with Gasteiger partial charge < -0.3 is 20.1 Å². The lowest BCUT2D eigenvalue weighted by atomic mass is 9.86. The first kappa shape index (κ1) is 25.4. The average molecular weight is 537 g/mol. The molecule has 5 nitrogen and oxygen atoms in total. The minimum atomic E-state index is -0.741. The first-order chi connectivity index (χ1) is 18.0. The number of hydrogen-bond donors (Lipinski definition) is 2. The number of ether oxygens (including phenoxy) is 2. The van der Waals surface area contributed by atoms with Gasteiger partial charge in [0.25, 0.3) is 0 Å². The van der Waals surface area contributed by atoms with E-state index < -0.39 is 17.7 Å². The molecule has 0 saturated heterocycles. The lowest BCUT2D eigenvalue weighted by Gasteiger charge is -2.31. The lowest BCUT2D eigenvalue weighted by Crippen LogP contribution is -2.32. The Balaban J connectivity index is 1.41. The molecular formula is C29H26ClFN2O3S. The van der Waals surface area contributed by atoms with Gasteiger partial charge in [0, 0.05) is 34.3 Å². The van der Waals surface area contributed by atoms with Gasteiger partial charge in [-0.3, -0.25) is 0 Å². The predicted octanol–water partition coefficient (Wildman–Crippen LogP) is 6.17. The van der Waals surface area contributed by atoms with Crippen molar-refractivity contribution in [3.8, 4) is 5.75 Å². The summed E-state index contributed by atoms with van der Waals surface area (Å²) in [5, 5.41) is 6.84. The van der Waals surface area contributed by atoms with E-state index in [1.807, 2.05) is 54.6 Å². The highest BCUT2D eigenvalue weighted by Crippen LogP contribution is 2.51. The van der Waals surface area contributed by atoms with Crippen LogP contribution in [-0.2, 0) is 16.1 Å². The van der Waals surface area contributed by atoms with Gasteiger partial charge in [0.2, 0.25) is 0 Å². The van der Waals surface area contributed by atoms with Gasteiger partial charge in [-0.2, -0.15) is 0 Å². The third-order valence-corrected chi connectivity index (χ3v) is 7.81. The van der Waals surface area contributed by atoms with Gasteiger partial charge >= 0.3 is 5.97 Å². The highest BCUT2D eigenvalue weighted by molar-refractivity contribution is 8.03. The zero-order chi connectivity index (χ0) is 25.8. The molecule has 3 aromatic carbocycles. The standard InChI is InChI=1S/C29H26ClFN2O3S/c1-18-25(29(34)35-15-14-32-16-19-8-3-2-4-9-19)27(26-20(30)10-7-11-21(26)31)28-22(33-18)17-36-23-12-5-6-13-24(23)37-28/h2-13,27,32-33H,14-17H2,1H3. The second-order valence-electron chi connectivity index (χ2n) is 8.71. The third-order valence-electron chi connectivity index (χ3n) is 6.22. The molecule has 0 bridgehead atoms. The average Bonchev–Trinajstić information content (AvgIpc) is 3.08. The molecule has 190 valence electrons. The molecule has 0 saturated carbocycles. The largest absolute Gasteiger partial charge is 0.486 e. The molecule has 37 heavy (non-hydrogen) atoms. The first-order valence-corrected chi connectivity index (χ1v) is 13.2. The van der Waals surface area contributed by atoms with Crippen molar-refractivity contribution in [2.45, 2.75) is 24.3 Å². The molecule has 2 aliphatic heterocycles. The highest BCUT2D eigenvalue weighted by atomic mass is 35.5. The maximum atomic E-state index is 15.3. The normalized spacial score (nSPS) is 16.8. The van der Waals surface area contributed by atoms with Gasteiger partial charge in [0.15, 0.2) is 0 Å². The molecule has 5 rings (SSSR count). The third kappa shape index (κ3) is 5.54. The number of carbonyl (C=O) groups is 1. The van der Waals surface area contributed by atoms with Crippen molar-refractivity contribution < 1.29 is 18.7 Å². The fourth-order valence-corrected chi connectivity index (χ4v) is 5.95. The molecule has 0 aromatic heterocycles. The Morgan fingerprint density at radius 3 is 2.73 bits per heavy atom. The van der Waals surface area contributed by atoms with Crippen molar-refractivity contribution in [3.63, 3.8) is 0 Å². The van der Waals surface area contributed by atoms with Gasteiger partial charge in [0.05, 0.1) is 22.1 Å². The summed E-state index contributed by atoms with van der Waals surface area (Å²) in [5.74, 6) is -1.00. The molecule has 0 radical (unpaired) electrons. The fourth-order valence-electron chi connectivity index (χ4n) is 4.48. The molecule has 3 aromatic rings. The molecule has 2 heterocycles. The molecule has 0 fully saturated rings. The van der Waals surface area contributed by atoms with Gasteiger partial charge in [-0.15, -0.1) is 0 Å². The van der Waals surface area contributed by atoms with Gasteiger partial charge in [-0.05, 0) is 36.8 Å². The molecule has 2 aliphatic rings. The maximum Gasteiger partial charge on any atom is 0.336 e. The first-order valence-electron chi connectivity index (χ1n) is 12.0. The zero-order valence-electron chi connectivity index (χ0n) is 20.2. The minimum absolute atomic E-state index is 0.172. The summed E-state index contributed by atoms with van der Waals surface area (Å²) in [6.07, 6.45) is 0. The maximum absolute atomic E-state index is 15.3. The molecule has 2 N–H and O–H groups in total. The molecule has 1 unspecified atom stereocenters. The lowest BCUT2D eigenvalue weighted by molar-refractivity contribution is -0.139. The van der Waals surface area contributed by atoms with Crippen LogP contribution >= 0.6 is 23.4 Å². The SMILES string of the molecule is CC1=C(C(=O)OCCNCc2ccccc2)C(c2c(F)cccc2Cl)C2=C(COc3ccccc3S2)N1. The Kier molecular flexibility index (Phi) is 7.84. The summed E-state index contributed by atoms with van der Waals surface area (Å²) in [4.78, 5) is 15.1. The molecule has 1 atom stereocenters. The number of halogens is 2. The van der Waals surface area contributed by atoms with Crippen LogP contribution in [-0.4, -0.2) is 25.7 Å². The monoisotopic (exact) mass is 536 g/mol. The van der Waals surface area contributed by atoms with Crippen molar-refractivity contribution in [3.05, 3.63) is 117 Å². The second kappa shape index (κ2) is 11.4. The summed E-state index contributed by atoms with van der Waals surface area (Å²) in [6.45, 7) is 3.37. The van der Waals surface area contributed by atoms with Gasteiger partial charge in [0.1, 0.15) is 24.8 Å². The number of rotatable bonds is 7. The molecule has 8 heteroatoms. The molecule has 0 spiro atoms. The van der Waals surface area contributed by atoms with Crippen LogP contribution in [0.1, 0.15) is 24.0 Å². The molecule has 0 amide bonds. The number of esters is 1. The predicted molar refractivity (Wildman–Crippen MR) is 144 cm³/mol. The van der Waals surface area contributed by atoms with E-state index in [0.717, 1.165) is 26.8 Å². The second-order valence-corrected chi connectivity index (χ2v) is 10.2. The quantitative estimate of drug-likeness (QED) is 0.278. The summed E-state index contributed by atoms with van der Waals surface area (Å²) < 4.78 is 27.0. The van der Waals surface area contributed by atoms with Crippen molar-refractivity contribution >= 4 is 29.3 Å². The molecule has 0 aliphatic carbocycles. The number of para-hydroxylation sites is 1. The van der Waals surface area contributed by atoms with Crippen LogP contribution in [0, 0.1) is 5.82 Å². The van der Waals surface area contributed by atoms with E-state index in [9.17, 15) is 4.79 Å². The Hall–Kier alpha value is -3.26. The van der Waals surface area contributed by atoms with Crippen LogP contribution in [0.2, 0.25) is 5.02 Å². The fraction of sp³-hybridized carbons (Fsp3) is 0.207.